The zero-order valence-electron chi connectivity index (χ0n) is 15.8. The predicted octanol–water partition coefficient (Wildman–Crippen LogP) is 4.13. The Morgan fingerprint density at radius 1 is 1.19 bits per heavy atom. The molecule has 0 aliphatic rings. The molecular weight excluding hydrogens is 352 g/mol. The highest BCUT2D eigenvalue weighted by Gasteiger charge is 2.16. The van der Waals surface area contributed by atoms with E-state index in [9.17, 15) is 4.79 Å². The van der Waals surface area contributed by atoms with E-state index in [0.717, 1.165) is 11.3 Å². The lowest BCUT2D eigenvalue weighted by Crippen LogP contribution is -2.23. The minimum atomic E-state index is -0.224. The van der Waals surface area contributed by atoms with E-state index in [-0.39, 0.29) is 12.0 Å². The molecule has 26 heavy (non-hydrogen) atoms. The maximum atomic E-state index is 12.5. The van der Waals surface area contributed by atoms with Crippen molar-refractivity contribution in [1.82, 2.24) is 5.32 Å². The molecule has 0 radical (unpaired) electrons. The van der Waals surface area contributed by atoms with Crippen LogP contribution in [0.4, 0.5) is 5.69 Å². The van der Waals surface area contributed by atoms with Crippen LogP contribution in [-0.4, -0.2) is 33.2 Å². The number of amides is 1. The minimum absolute atomic E-state index is 0.0498. The van der Waals surface area contributed by atoms with E-state index in [2.05, 4.69) is 5.32 Å². The topological polar surface area (TPSA) is 50.8 Å². The van der Waals surface area contributed by atoms with Crippen molar-refractivity contribution < 1.29 is 14.3 Å². The number of carbonyl (C=O) groups excluding carboxylic acids is 1. The number of hydrogen-bond acceptors (Lipinski definition) is 4. The third-order valence-corrected chi connectivity index (χ3v) is 4.03. The van der Waals surface area contributed by atoms with Gasteiger partial charge in [0.2, 0.25) is 0 Å². The van der Waals surface area contributed by atoms with Crippen LogP contribution < -0.4 is 19.7 Å². The van der Waals surface area contributed by atoms with Crippen LogP contribution in [0.5, 0.6) is 11.5 Å². The van der Waals surface area contributed by atoms with Gasteiger partial charge in [-0.05, 0) is 43.7 Å². The Bertz CT molecular complexity index is 758. The molecule has 0 aliphatic carbocycles. The van der Waals surface area contributed by atoms with Crippen molar-refractivity contribution in [3.63, 3.8) is 0 Å². The molecule has 0 fully saturated rings. The molecule has 140 valence electrons. The fourth-order valence-corrected chi connectivity index (χ4v) is 2.65. The van der Waals surface area contributed by atoms with Gasteiger partial charge in [-0.3, -0.25) is 4.79 Å². The van der Waals surface area contributed by atoms with Gasteiger partial charge >= 0.3 is 0 Å². The number of methoxy groups -OCH3 is 1. The molecule has 0 aromatic heterocycles. The first kappa shape index (κ1) is 19.9. The highest BCUT2D eigenvalue weighted by molar-refractivity contribution is 6.32. The van der Waals surface area contributed by atoms with Crippen LogP contribution in [0.15, 0.2) is 36.4 Å². The molecule has 0 atom stereocenters. The highest BCUT2D eigenvalue weighted by Crippen LogP contribution is 2.37. The van der Waals surface area contributed by atoms with Crippen molar-refractivity contribution in [1.29, 1.82) is 0 Å². The average molecular weight is 377 g/mol. The average Bonchev–Trinajstić information content (AvgIpc) is 2.61. The molecule has 1 N–H and O–H groups in total. The van der Waals surface area contributed by atoms with Crippen LogP contribution in [0.1, 0.15) is 29.8 Å². The second-order valence-corrected chi connectivity index (χ2v) is 6.81. The third-order valence-electron chi connectivity index (χ3n) is 3.75. The summed E-state index contributed by atoms with van der Waals surface area (Å²) in [5.41, 5.74) is 2.55. The summed E-state index contributed by atoms with van der Waals surface area (Å²) in [6.07, 6.45) is -0.0498. The fraction of sp³-hybridized carbons (Fsp3) is 0.350. The Morgan fingerprint density at radius 3 is 2.38 bits per heavy atom. The van der Waals surface area contributed by atoms with Gasteiger partial charge in [-0.15, -0.1) is 0 Å². The summed E-state index contributed by atoms with van der Waals surface area (Å²) in [6, 6.07) is 11.2. The summed E-state index contributed by atoms with van der Waals surface area (Å²) in [7, 11) is 5.49. The van der Waals surface area contributed by atoms with Crippen LogP contribution in [0, 0.1) is 0 Å². The van der Waals surface area contributed by atoms with Gasteiger partial charge in [-0.1, -0.05) is 23.7 Å². The van der Waals surface area contributed by atoms with Gasteiger partial charge in [0.05, 0.1) is 18.2 Å². The van der Waals surface area contributed by atoms with Crippen molar-refractivity contribution in [2.24, 2.45) is 0 Å². The van der Waals surface area contributed by atoms with E-state index >= 15 is 0 Å². The van der Waals surface area contributed by atoms with Gasteiger partial charge in [0.15, 0.2) is 11.5 Å². The molecule has 0 unspecified atom stereocenters. The number of anilines is 1. The molecule has 0 saturated carbocycles. The summed E-state index contributed by atoms with van der Waals surface area (Å²) in [6.45, 7) is 4.23. The van der Waals surface area contributed by atoms with Gasteiger partial charge in [-0.2, -0.15) is 0 Å². The Hall–Kier alpha value is -2.40. The number of hydrogen-bond donors (Lipinski definition) is 1. The monoisotopic (exact) mass is 376 g/mol. The molecule has 0 bridgehead atoms. The summed E-state index contributed by atoms with van der Waals surface area (Å²) in [5, 5.41) is 3.24. The van der Waals surface area contributed by atoms with E-state index in [1.54, 1.807) is 12.1 Å². The standard InChI is InChI=1S/C20H25ClN2O3/c1-13(2)26-19-17(21)10-15(11-18(19)25-5)20(24)22-12-14-6-8-16(9-7-14)23(3)4/h6-11,13H,12H2,1-5H3,(H,22,24). The van der Waals surface area contributed by atoms with Crippen LogP contribution in [-0.2, 0) is 6.54 Å². The highest BCUT2D eigenvalue weighted by atomic mass is 35.5. The van der Waals surface area contributed by atoms with Crippen LogP contribution >= 0.6 is 11.6 Å². The Balaban J connectivity index is 2.10. The van der Waals surface area contributed by atoms with Crippen LogP contribution in [0.25, 0.3) is 0 Å². The van der Waals surface area contributed by atoms with Gasteiger partial charge in [0.1, 0.15) is 0 Å². The Morgan fingerprint density at radius 2 is 1.85 bits per heavy atom. The van der Waals surface area contributed by atoms with Crippen LogP contribution in [0.2, 0.25) is 5.02 Å². The third kappa shape index (κ3) is 5.05. The molecular formula is C20H25ClN2O3. The first-order valence-electron chi connectivity index (χ1n) is 8.40. The maximum Gasteiger partial charge on any atom is 0.251 e. The number of rotatable bonds is 7. The van der Waals surface area contributed by atoms with Gasteiger partial charge < -0.3 is 19.7 Å². The predicted molar refractivity (Wildman–Crippen MR) is 106 cm³/mol. The summed E-state index contributed by atoms with van der Waals surface area (Å²) in [4.78, 5) is 14.5. The zero-order valence-corrected chi connectivity index (χ0v) is 16.6. The second-order valence-electron chi connectivity index (χ2n) is 6.40. The Labute approximate surface area is 159 Å². The molecule has 2 rings (SSSR count). The van der Waals surface area contributed by atoms with Crippen molar-refractivity contribution in [3.05, 3.63) is 52.5 Å². The lowest BCUT2D eigenvalue weighted by molar-refractivity contribution is 0.0950. The van der Waals surface area contributed by atoms with Crippen LogP contribution in [0.3, 0.4) is 0 Å². The molecule has 6 heteroatoms. The molecule has 5 nitrogen and oxygen atoms in total. The van der Waals surface area contributed by atoms with E-state index < -0.39 is 0 Å². The summed E-state index contributed by atoms with van der Waals surface area (Å²) < 4.78 is 11.0. The minimum Gasteiger partial charge on any atom is -0.493 e. The smallest absolute Gasteiger partial charge is 0.251 e. The molecule has 1 amide bonds. The summed E-state index contributed by atoms with van der Waals surface area (Å²) in [5.74, 6) is 0.657. The first-order chi connectivity index (χ1) is 12.3. The van der Waals surface area contributed by atoms with Crippen molar-refractivity contribution >= 4 is 23.2 Å². The lowest BCUT2D eigenvalue weighted by Gasteiger charge is -2.16. The van der Waals surface area contributed by atoms with Gasteiger partial charge in [0, 0.05) is 31.9 Å². The van der Waals surface area contributed by atoms with E-state index in [4.69, 9.17) is 21.1 Å². The van der Waals surface area contributed by atoms with Crippen molar-refractivity contribution in [2.45, 2.75) is 26.5 Å². The largest absolute Gasteiger partial charge is 0.493 e. The number of nitrogens with one attached hydrogen (secondary N) is 1. The van der Waals surface area contributed by atoms with E-state index in [0.29, 0.717) is 28.6 Å². The SMILES string of the molecule is COc1cc(C(=O)NCc2ccc(N(C)C)cc2)cc(Cl)c1OC(C)C. The van der Waals surface area contributed by atoms with E-state index in [1.807, 2.05) is 57.1 Å². The van der Waals surface area contributed by atoms with Crippen molar-refractivity contribution in [3.8, 4) is 11.5 Å². The molecule has 0 heterocycles. The number of ether oxygens (including phenoxy) is 2. The number of nitrogens with zero attached hydrogens (tertiary/aromatic N) is 1. The zero-order chi connectivity index (χ0) is 19.3. The Kier molecular flexibility index (Phi) is 6.75. The normalized spacial score (nSPS) is 10.6. The first-order valence-corrected chi connectivity index (χ1v) is 8.78. The fourth-order valence-electron chi connectivity index (χ4n) is 2.40. The molecule has 2 aromatic rings. The van der Waals surface area contributed by atoms with E-state index in [1.165, 1.54) is 7.11 Å². The quantitative estimate of drug-likeness (QED) is 0.789. The molecule has 0 spiro atoms. The number of benzene rings is 2. The number of halogens is 1. The number of carbonyl (C=O) groups is 1. The lowest BCUT2D eigenvalue weighted by atomic mass is 10.1. The molecule has 2 aromatic carbocycles. The van der Waals surface area contributed by atoms with Gasteiger partial charge in [0.25, 0.3) is 5.91 Å². The summed E-state index contributed by atoms with van der Waals surface area (Å²) >= 11 is 6.28. The van der Waals surface area contributed by atoms with Crippen molar-refractivity contribution in [2.75, 3.05) is 26.1 Å². The maximum absolute atomic E-state index is 12.5. The second kappa shape index (κ2) is 8.81. The van der Waals surface area contributed by atoms with Gasteiger partial charge in [-0.25, -0.2) is 0 Å². The molecule has 0 aliphatic heterocycles. The molecule has 0 saturated heterocycles.